The molecule has 3 aliphatic heterocycles. The quantitative estimate of drug-likeness (QED) is 0.225. The minimum Gasteiger partial charge on any atom is -0.363 e. The number of nitrogens with zero attached hydrogens (tertiary/aromatic N) is 2. The van der Waals surface area contributed by atoms with E-state index < -0.39 is 52.7 Å². The van der Waals surface area contributed by atoms with Crippen LogP contribution in [0.25, 0.3) is 0 Å². The lowest BCUT2D eigenvalue weighted by Crippen LogP contribution is -2.62. The van der Waals surface area contributed by atoms with Gasteiger partial charge in [-0.3, -0.25) is 28.9 Å². The van der Waals surface area contributed by atoms with Gasteiger partial charge in [-0.25, -0.2) is 4.79 Å². The van der Waals surface area contributed by atoms with Gasteiger partial charge in [-0.1, -0.05) is 91.1 Å². The molecular formula is C42H65N7O6. The molecule has 55 heavy (non-hydrogen) atoms. The number of nitrogens with two attached hydrogens (primary N) is 1. The van der Waals surface area contributed by atoms with Gasteiger partial charge in [-0.2, -0.15) is 0 Å². The van der Waals surface area contributed by atoms with Crippen LogP contribution < -0.4 is 27.0 Å². The van der Waals surface area contributed by atoms with Crippen LogP contribution in [0.4, 0.5) is 4.79 Å². The molecule has 3 unspecified atom stereocenters. The number of primary amides is 1. The van der Waals surface area contributed by atoms with Crippen LogP contribution in [0.5, 0.6) is 0 Å². The Balaban J connectivity index is 0.000000266. The van der Waals surface area contributed by atoms with Gasteiger partial charge in [0.25, 0.3) is 5.91 Å². The summed E-state index contributed by atoms with van der Waals surface area (Å²) < 4.78 is 0. The molecule has 2 aliphatic carbocycles. The van der Waals surface area contributed by atoms with Crippen LogP contribution >= 0.6 is 0 Å². The maximum atomic E-state index is 13.9. The third kappa shape index (κ3) is 9.42. The lowest BCUT2D eigenvalue weighted by molar-refractivity contribution is -0.145. The number of Topliss-reactive ketones (excluding diaryl/α,β-unsaturated/α-hetero) is 2. The van der Waals surface area contributed by atoms with Crippen molar-refractivity contribution in [3.63, 3.8) is 0 Å². The van der Waals surface area contributed by atoms with Crippen molar-refractivity contribution in [2.75, 3.05) is 26.2 Å². The van der Waals surface area contributed by atoms with Gasteiger partial charge in [0, 0.05) is 36.6 Å². The number of fused-ring (bicyclic) bond motifs is 2. The number of ketones is 2. The number of benzene rings is 1. The summed E-state index contributed by atoms with van der Waals surface area (Å²) in [5.74, 6) is -1.97. The highest BCUT2D eigenvalue weighted by Crippen LogP contribution is 2.65. The summed E-state index contributed by atoms with van der Waals surface area (Å²) in [5.41, 5.74) is 5.25. The second-order valence-electron chi connectivity index (χ2n) is 19.6. The molecule has 3 saturated heterocycles. The first-order chi connectivity index (χ1) is 25.5. The summed E-state index contributed by atoms with van der Waals surface area (Å²) >= 11 is 0. The van der Waals surface area contributed by atoms with E-state index in [4.69, 9.17) is 5.73 Å². The van der Waals surface area contributed by atoms with Gasteiger partial charge in [-0.15, -0.1) is 0 Å². The number of rotatable bonds is 10. The Hall–Kier alpha value is -3.84. The first-order valence-corrected chi connectivity index (χ1v) is 20.1. The Bertz CT molecular complexity index is 1630. The van der Waals surface area contributed by atoms with Gasteiger partial charge in [0.05, 0.1) is 12.6 Å². The Morgan fingerprint density at radius 2 is 1.64 bits per heavy atom. The first-order valence-electron chi connectivity index (χ1n) is 20.1. The Labute approximate surface area is 327 Å². The average Bonchev–Trinajstić information content (AvgIpc) is 3.35. The number of likely N-dealkylation sites (tertiary alicyclic amines) is 2. The number of hydrogen-bond donors (Lipinski definition) is 5. The van der Waals surface area contributed by atoms with Crippen molar-refractivity contribution in [2.45, 2.75) is 131 Å². The number of carbonyl (C=O) groups is 6. The third-order valence-electron chi connectivity index (χ3n) is 12.9. The topological polar surface area (TPSA) is 183 Å². The van der Waals surface area contributed by atoms with E-state index in [1.807, 2.05) is 47.6 Å². The Kier molecular flexibility index (Phi) is 12.3. The number of piperidine rings is 2. The molecule has 13 heteroatoms. The fourth-order valence-corrected chi connectivity index (χ4v) is 9.17. The maximum absolute atomic E-state index is 13.9. The van der Waals surface area contributed by atoms with E-state index in [9.17, 15) is 28.8 Å². The molecule has 2 saturated carbocycles. The van der Waals surface area contributed by atoms with Crippen LogP contribution in [0.1, 0.15) is 100.0 Å². The molecule has 6 N–H and O–H groups in total. The average molecular weight is 764 g/mol. The van der Waals surface area contributed by atoms with Crippen molar-refractivity contribution < 1.29 is 28.8 Å². The summed E-state index contributed by atoms with van der Waals surface area (Å²) in [5, 5.41) is 11.7. The molecule has 1 aromatic rings. The van der Waals surface area contributed by atoms with Crippen molar-refractivity contribution in [2.24, 2.45) is 39.7 Å². The smallest absolute Gasteiger partial charge is 0.315 e. The molecular weight excluding hydrogens is 699 g/mol. The first kappa shape index (κ1) is 42.3. The zero-order valence-corrected chi connectivity index (χ0v) is 34.4. The van der Waals surface area contributed by atoms with Crippen molar-refractivity contribution in [3.8, 4) is 0 Å². The van der Waals surface area contributed by atoms with Gasteiger partial charge in [0.15, 0.2) is 5.78 Å². The van der Waals surface area contributed by atoms with Crippen molar-refractivity contribution in [1.29, 1.82) is 0 Å². The highest BCUT2D eigenvalue weighted by atomic mass is 16.2. The van der Waals surface area contributed by atoms with Gasteiger partial charge >= 0.3 is 6.03 Å². The molecule has 0 spiro atoms. The number of hydrogen-bond acceptors (Lipinski definition) is 8. The van der Waals surface area contributed by atoms with Crippen LogP contribution in [0.15, 0.2) is 30.3 Å². The SMILES string of the molecule is CC(C)(C)NC(=O)N[C@H](C(=O)N1CC2C([C@H]1C(=O)N[C@@H](CC1CCC1)C(=O)C(N)=O)C2(C)C)C(C)(C)C.C[C@@]12CCN(Cc3ccccc3)C1CNCC2=O. The molecule has 6 rings (SSSR count). The van der Waals surface area contributed by atoms with Crippen LogP contribution in [0, 0.1) is 34.0 Å². The van der Waals surface area contributed by atoms with Crippen LogP contribution in [0.3, 0.4) is 0 Å². The maximum Gasteiger partial charge on any atom is 0.315 e. The molecule has 13 nitrogen and oxygen atoms in total. The lowest BCUT2D eigenvalue weighted by atomic mass is 9.76. The largest absolute Gasteiger partial charge is 0.363 e. The van der Waals surface area contributed by atoms with Crippen molar-refractivity contribution >= 4 is 35.3 Å². The zero-order chi connectivity index (χ0) is 40.7. The van der Waals surface area contributed by atoms with Gasteiger partial charge in [0.2, 0.25) is 17.6 Å². The third-order valence-corrected chi connectivity index (χ3v) is 12.9. The summed E-state index contributed by atoms with van der Waals surface area (Å²) in [6.07, 6.45) is 4.32. The molecule has 1 aromatic carbocycles. The minimum absolute atomic E-state index is 0.0755. The van der Waals surface area contributed by atoms with E-state index in [-0.39, 0.29) is 34.5 Å². The number of amides is 5. The summed E-state index contributed by atoms with van der Waals surface area (Å²) in [6, 6.07) is 7.76. The fourth-order valence-electron chi connectivity index (χ4n) is 9.17. The lowest BCUT2D eigenvalue weighted by Gasteiger charge is -2.38. The minimum atomic E-state index is -1.07. The monoisotopic (exact) mass is 763 g/mol. The second kappa shape index (κ2) is 16.0. The van der Waals surface area contributed by atoms with Crippen molar-refractivity contribution in [1.82, 2.24) is 31.1 Å². The number of nitrogens with one attached hydrogen (secondary N) is 4. The van der Waals surface area contributed by atoms with Gasteiger partial charge in [0.1, 0.15) is 12.1 Å². The molecule has 7 atom stereocenters. The molecule has 5 aliphatic rings. The predicted octanol–water partition coefficient (Wildman–Crippen LogP) is 3.15. The fraction of sp³-hybridized carbons (Fsp3) is 0.714. The van der Waals surface area contributed by atoms with Crippen molar-refractivity contribution in [3.05, 3.63) is 35.9 Å². The molecule has 0 radical (unpaired) electrons. The summed E-state index contributed by atoms with van der Waals surface area (Å²) in [4.78, 5) is 80.7. The highest BCUT2D eigenvalue weighted by Gasteiger charge is 2.70. The standard InChI is InChI=1S/C27H45N5O5.C15H20N2O/c1-25(2,3)20(30-24(37)31-26(4,5)6)23(36)32-13-15-17(27(15,7)8)18(32)22(35)29-16(19(33)21(28)34)12-14-10-9-11-14;1-15-7-8-17(11-12-5-3-2-4-6-12)13(15)9-16-10-14(15)18/h14-18,20H,9-13H2,1-8H3,(H2,28,34)(H,29,35)(H2,30,31,37);2-6,13,16H,7-11H2,1H3/t15?,16-,17?,18-,20+;13?,15-/m01/s1. The number of carbonyl (C=O) groups excluding carboxylic acids is 6. The number of urea groups is 1. The van der Waals surface area contributed by atoms with Crippen LogP contribution in [-0.4, -0.2) is 101 Å². The van der Waals surface area contributed by atoms with E-state index in [1.165, 1.54) is 5.56 Å². The van der Waals surface area contributed by atoms with E-state index in [0.717, 1.165) is 45.3 Å². The predicted molar refractivity (Wildman–Crippen MR) is 210 cm³/mol. The molecule has 304 valence electrons. The second-order valence-corrected chi connectivity index (χ2v) is 19.6. The Morgan fingerprint density at radius 3 is 2.20 bits per heavy atom. The van der Waals surface area contributed by atoms with E-state index in [0.29, 0.717) is 31.3 Å². The van der Waals surface area contributed by atoms with E-state index in [1.54, 1.807) is 4.90 Å². The summed E-state index contributed by atoms with van der Waals surface area (Å²) in [7, 11) is 0. The zero-order valence-electron chi connectivity index (χ0n) is 34.4. The molecule has 5 fully saturated rings. The van der Waals surface area contributed by atoms with Gasteiger partial charge < -0.3 is 31.9 Å². The van der Waals surface area contributed by atoms with Crippen LogP contribution in [0.2, 0.25) is 0 Å². The van der Waals surface area contributed by atoms with Crippen LogP contribution in [-0.2, 0) is 30.5 Å². The highest BCUT2D eigenvalue weighted by molar-refractivity contribution is 6.37. The molecule has 0 bridgehead atoms. The van der Waals surface area contributed by atoms with Gasteiger partial charge in [-0.05, 0) is 74.3 Å². The van der Waals surface area contributed by atoms with E-state index in [2.05, 4.69) is 71.2 Å². The molecule has 0 aromatic heterocycles. The van der Waals surface area contributed by atoms with E-state index >= 15 is 0 Å². The normalized spacial score (nSPS) is 28.3. The molecule has 5 amide bonds. The Morgan fingerprint density at radius 1 is 0.982 bits per heavy atom. The summed E-state index contributed by atoms with van der Waals surface area (Å²) in [6.45, 7) is 21.3. The molecule has 3 heterocycles.